The van der Waals surface area contributed by atoms with Crippen LogP contribution in [0.15, 0.2) is 24.3 Å². The van der Waals surface area contributed by atoms with E-state index < -0.39 is 16.1 Å². The van der Waals surface area contributed by atoms with Crippen molar-refractivity contribution in [3.8, 4) is 0 Å². The summed E-state index contributed by atoms with van der Waals surface area (Å²) in [6, 6.07) is 6.34. The minimum atomic E-state index is -3.32. The third kappa shape index (κ3) is 4.18. The number of benzene rings is 1. The van der Waals surface area contributed by atoms with Gasteiger partial charge in [0.25, 0.3) is 5.91 Å². The lowest BCUT2D eigenvalue weighted by Crippen LogP contribution is -2.30. The summed E-state index contributed by atoms with van der Waals surface area (Å²) in [6.07, 6.45) is 1.47. The van der Waals surface area contributed by atoms with Gasteiger partial charge in [0.15, 0.2) is 0 Å². The van der Waals surface area contributed by atoms with Gasteiger partial charge in [-0.1, -0.05) is 0 Å². The van der Waals surface area contributed by atoms with E-state index in [0.29, 0.717) is 24.3 Å². The molecule has 1 aromatic rings. The summed E-state index contributed by atoms with van der Waals surface area (Å²) in [6.45, 7) is 2.93. The molecule has 7 heteroatoms. The SMILES string of the molecule is CC(O)C1CCN(C(=O)c2ccc(NS(C)(=O)=O)cc2)C1. The number of amides is 1. The fourth-order valence-corrected chi connectivity index (χ4v) is 3.01. The highest BCUT2D eigenvalue weighted by Gasteiger charge is 2.29. The molecular weight excluding hydrogens is 292 g/mol. The van der Waals surface area contributed by atoms with Crippen LogP contribution >= 0.6 is 0 Å². The van der Waals surface area contributed by atoms with Crippen LogP contribution in [0.3, 0.4) is 0 Å². The van der Waals surface area contributed by atoms with Crippen molar-refractivity contribution in [2.24, 2.45) is 5.92 Å². The molecule has 1 aromatic carbocycles. The number of hydrogen-bond donors (Lipinski definition) is 2. The van der Waals surface area contributed by atoms with E-state index in [2.05, 4.69) is 4.72 Å². The van der Waals surface area contributed by atoms with E-state index in [1.807, 2.05) is 0 Å². The first kappa shape index (κ1) is 15.8. The number of anilines is 1. The second kappa shape index (κ2) is 6.03. The molecule has 0 radical (unpaired) electrons. The van der Waals surface area contributed by atoms with Crippen LogP contribution in [0.1, 0.15) is 23.7 Å². The topological polar surface area (TPSA) is 86.7 Å². The molecule has 2 rings (SSSR count). The number of aliphatic hydroxyl groups is 1. The molecular formula is C14H20N2O4S. The second-order valence-corrected chi connectivity index (χ2v) is 7.24. The molecule has 1 heterocycles. The summed E-state index contributed by atoms with van der Waals surface area (Å²) in [5.74, 6) is 0.0316. The molecule has 1 aliphatic heterocycles. The van der Waals surface area contributed by atoms with Crippen LogP contribution in [0.2, 0.25) is 0 Å². The Morgan fingerprint density at radius 2 is 2.00 bits per heavy atom. The fourth-order valence-electron chi connectivity index (χ4n) is 2.44. The third-order valence-corrected chi connectivity index (χ3v) is 4.24. The molecule has 21 heavy (non-hydrogen) atoms. The zero-order valence-electron chi connectivity index (χ0n) is 12.1. The minimum absolute atomic E-state index is 0.0935. The number of carbonyl (C=O) groups is 1. The Kier molecular flexibility index (Phi) is 4.53. The van der Waals surface area contributed by atoms with E-state index >= 15 is 0 Å². The van der Waals surface area contributed by atoms with E-state index in [9.17, 15) is 18.3 Å². The molecule has 1 amide bonds. The van der Waals surface area contributed by atoms with Gasteiger partial charge < -0.3 is 10.0 Å². The highest BCUT2D eigenvalue weighted by atomic mass is 32.2. The Hall–Kier alpha value is -1.60. The van der Waals surface area contributed by atoms with Crippen molar-refractivity contribution < 1.29 is 18.3 Å². The number of sulfonamides is 1. The zero-order valence-corrected chi connectivity index (χ0v) is 12.9. The highest BCUT2D eigenvalue weighted by Crippen LogP contribution is 2.22. The van der Waals surface area contributed by atoms with Gasteiger partial charge in [0.05, 0.1) is 12.4 Å². The number of carbonyl (C=O) groups excluding carboxylic acids is 1. The average molecular weight is 312 g/mol. The largest absolute Gasteiger partial charge is 0.393 e. The molecule has 6 nitrogen and oxygen atoms in total. The van der Waals surface area contributed by atoms with Gasteiger partial charge in [-0.25, -0.2) is 8.42 Å². The van der Waals surface area contributed by atoms with Crippen LogP contribution in [0.5, 0.6) is 0 Å². The molecule has 0 spiro atoms. The monoisotopic (exact) mass is 312 g/mol. The van der Waals surface area contributed by atoms with E-state index in [1.54, 1.807) is 36.1 Å². The molecule has 2 atom stereocenters. The van der Waals surface area contributed by atoms with Crippen LogP contribution in [0, 0.1) is 5.92 Å². The van der Waals surface area contributed by atoms with Gasteiger partial charge in [-0.3, -0.25) is 9.52 Å². The van der Waals surface area contributed by atoms with Crippen LogP contribution in [0.4, 0.5) is 5.69 Å². The van der Waals surface area contributed by atoms with Crippen molar-refractivity contribution in [3.63, 3.8) is 0 Å². The molecule has 2 unspecified atom stereocenters. The van der Waals surface area contributed by atoms with Crippen molar-refractivity contribution in [1.82, 2.24) is 4.90 Å². The molecule has 116 valence electrons. The Morgan fingerprint density at radius 3 is 2.48 bits per heavy atom. The third-order valence-electron chi connectivity index (χ3n) is 3.63. The van der Waals surface area contributed by atoms with Gasteiger partial charge in [0, 0.05) is 30.3 Å². The van der Waals surface area contributed by atoms with E-state index in [-0.39, 0.29) is 11.8 Å². The molecule has 1 aliphatic rings. The van der Waals surface area contributed by atoms with Gasteiger partial charge in [-0.2, -0.15) is 0 Å². The minimum Gasteiger partial charge on any atom is -0.393 e. The maximum absolute atomic E-state index is 12.3. The zero-order chi connectivity index (χ0) is 15.6. The lowest BCUT2D eigenvalue weighted by atomic mass is 10.0. The lowest BCUT2D eigenvalue weighted by molar-refractivity contribution is 0.0762. The molecule has 0 bridgehead atoms. The normalized spacial score (nSPS) is 20.3. The summed E-state index contributed by atoms with van der Waals surface area (Å²) < 4.78 is 24.6. The predicted octanol–water partition coefficient (Wildman–Crippen LogP) is 0.901. The van der Waals surface area contributed by atoms with Crippen LogP contribution < -0.4 is 4.72 Å². The summed E-state index contributed by atoms with van der Waals surface area (Å²) in [5, 5.41) is 9.56. The quantitative estimate of drug-likeness (QED) is 0.865. The van der Waals surface area contributed by atoms with Crippen molar-refractivity contribution in [2.75, 3.05) is 24.1 Å². The Bertz CT molecular complexity index is 610. The van der Waals surface area contributed by atoms with Gasteiger partial charge in [-0.15, -0.1) is 0 Å². The number of rotatable bonds is 4. The van der Waals surface area contributed by atoms with Gasteiger partial charge in [0.1, 0.15) is 0 Å². The van der Waals surface area contributed by atoms with Crippen molar-refractivity contribution in [2.45, 2.75) is 19.4 Å². The first-order chi connectivity index (χ1) is 9.76. The summed E-state index contributed by atoms with van der Waals surface area (Å²) in [4.78, 5) is 14.0. The number of hydrogen-bond acceptors (Lipinski definition) is 4. The summed E-state index contributed by atoms with van der Waals surface area (Å²) >= 11 is 0. The summed E-state index contributed by atoms with van der Waals surface area (Å²) in [7, 11) is -3.32. The molecule has 0 saturated carbocycles. The molecule has 0 aliphatic carbocycles. The number of nitrogens with zero attached hydrogens (tertiary/aromatic N) is 1. The summed E-state index contributed by atoms with van der Waals surface area (Å²) in [5.41, 5.74) is 0.942. The first-order valence-corrected chi connectivity index (χ1v) is 8.70. The van der Waals surface area contributed by atoms with Crippen molar-refractivity contribution in [1.29, 1.82) is 0 Å². The van der Waals surface area contributed by atoms with E-state index in [1.165, 1.54) is 0 Å². The second-order valence-electron chi connectivity index (χ2n) is 5.49. The lowest BCUT2D eigenvalue weighted by Gasteiger charge is -2.18. The van der Waals surface area contributed by atoms with Crippen LogP contribution in [-0.2, 0) is 10.0 Å². The maximum atomic E-state index is 12.3. The fraction of sp³-hybridized carbons (Fsp3) is 0.500. The average Bonchev–Trinajstić information content (AvgIpc) is 2.86. The Balaban J connectivity index is 2.04. The number of aliphatic hydroxyl groups excluding tert-OH is 1. The van der Waals surface area contributed by atoms with Gasteiger partial charge in [-0.05, 0) is 37.6 Å². The van der Waals surface area contributed by atoms with Crippen molar-refractivity contribution in [3.05, 3.63) is 29.8 Å². The molecule has 0 aromatic heterocycles. The van der Waals surface area contributed by atoms with E-state index in [4.69, 9.17) is 0 Å². The maximum Gasteiger partial charge on any atom is 0.253 e. The molecule has 2 N–H and O–H groups in total. The Morgan fingerprint density at radius 1 is 1.38 bits per heavy atom. The molecule has 1 fully saturated rings. The first-order valence-electron chi connectivity index (χ1n) is 6.81. The van der Waals surface area contributed by atoms with Gasteiger partial charge >= 0.3 is 0 Å². The van der Waals surface area contributed by atoms with Crippen LogP contribution in [0.25, 0.3) is 0 Å². The van der Waals surface area contributed by atoms with E-state index in [0.717, 1.165) is 12.7 Å². The van der Waals surface area contributed by atoms with Gasteiger partial charge in [0.2, 0.25) is 10.0 Å². The number of nitrogens with one attached hydrogen (secondary N) is 1. The standard InChI is InChI=1S/C14H20N2O4S/c1-10(17)12-7-8-16(9-12)14(18)11-3-5-13(6-4-11)15-21(2,19)20/h3-6,10,12,15,17H,7-9H2,1-2H3. The number of likely N-dealkylation sites (tertiary alicyclic amines) is 1. The van der Waals surface area contributed by atoms with Crippen molar-refractivity contribution >= 4 is 21.6 Å². The predicted molar refractivity (Wildman–Crippen MR) is 80.6 cm³/mol. The van der Waals surface area contributed by atoms with Crippen LogP contribution in [-0.4, -0.2) is 49.8 Å². The Labute approximate surface area is 124 Å². The smallest absolute Gasteiger partial charge is 0.253 e. The molecule has 1 saturated heterocycles. The highest BCUT2D eigenvalue weighted by molar-refractivity contribution is 7.92.